The first kappa shape index (κ1) is 28.8. The minimum absolute atomic E-state index is 0.0398. The summed E-state index contributed by atoms with van der Waals surface area (Å²) in [5.74, 6) is 0.802. The van der Waals surface area contributed by atoms with Crippen molar-refractivity contribution in [3.63, 3.8) is 0 Å². The second-order valence-corrected chi connectivity index (χ2v) is 10.4. The van der Waals surface area contributed by atoms with Gasteiger partial charge in [0.15, 0.2) is 17.2 Å². The highest BCUT2D eigenvalue weighted by Gasteiger charge is 2.26. The molecular weight excluding hydrogens is 564 g/mol. The Hall–Kier alpha value is -5.34. The average molecular weight is 597 g/mol. The highest BCUT2D eigenvalue weighted by atomic mass is 16.6. The topological polar surface area (TPSA) is 162 Å². The van der Waals surface area contributed by atoms with Crippen LogP contribution in [0.3, 0.4) is 0 Å². The lowest BCUT2D eigenvalue weighted by Crippen LogP contribution is -2.44. The zero-order valence-electron chi connectivity index (χ0n) is 24.4. The molecular formula is C30H32N10O4. The predicted molar refractivity (Wildman–Crippen MR) is 163 cm³/mol. The number of hydrogen-bond acceptors (Lipinski definition) is 12. The van der Waals surface area contributed by atoms with E-state index in [0.717, 1.165) is 42.5 Å². The monoisotopic (exact) mass is 596 g/mol. The van der Waals surface area contributed by atoms with Gasteiger partial charge >= 0.3 is 0 Å². The van der Waals surface area contributed by atoms with Gasteiger partial charge in [-0.2, -0.15) is 9.78 Å². The minimum Gasteiger partial charge on any atom is -0.493 e. The van der Waals surface area contributed by atoms with Crippen molar-refractivity contribution in [1.82, 2.24) is 40.5 Å². The maximum absolute atomic E-state index is 13.2. The lowest BCUT2D eigenvalue weighted by atomic mass is 10.1. The van der Waals surface area contributed by atoms with E-state index in [1.54, 1.807) is 13.2 Å². The summed E-state index contributed by atoms with van der Waals surface area (Å²) < 4.78 is 17.8. The molecule has 1 saturated heterocycles. The van der Waals surface area contributed by atoms with Gasteiger partial charge in [-0.25, -0.2) is 10.1 Å². The van der Waals surface area contributed by atoms with Crippen LogP contribution < -0.4 is 20.6 Å². The van der Waals surface area contributed by atoms with Crippen molar-refractivity contribution in [2.75, 3.05) is 46.1 Å². The molecule has 1 amide bonds. The first-order valence-electron chi connectivity index (χ1n) is 14.0. The van der Waals surface area contributed by atoms with Crippen molar-refractivity contribution in [2.45, 2.75) is 13.2 Å². The number of nitrogens with one attached hydrogen (secondary N) is 1. The molecule has 2 aromatic heterocycles. The molecule has 3 N–H and O–H groups in total. The van der Waals surface area contributed by atoms with E-state index < -0.39 is 5.91 Å². The van der Waals surface area contributed by atoms with Gasteiger partial charge in [0.2, 0.25) is 11.6 Å². The third-order valence-electron chi connectivity index (χ3n) is 7.47. The molecule has 1 fully saturated rings. The molecule has 5 aromatic rings. The van der Waals surface area contributed by atoms with Gasteiger partial charge in [-0.3, -0.25) is 9.69 Å². The number of amides is 1. The number of benzene rings is 3. The van der Waals surface area contributed by atoms with Crippen LogP contribution in [0.1, 0.15) is 27.3 Å². The SMILES string of the molecule is COc1cc(/C=N/NC(=O)c2nnn(-c3nonc3N)c2CN2CCN(C)CC2)ccc1OCc1cccc2ccccc12. The number of hydrazone groups is 1. The summed E-state index contributed by atoms with van der Waals surface area (Å²) in [5, 5.41) is 22.1. The fraction of sp³-hybridized carbons (Fsp3) is 0.267. The number of piperazine rings is 1. The van der Waals surface area contributed by atoms with Crippen molar-refractivity contribution in [1.29, 1.82) is 0 Å². The molecule has 0 saturated carbocycles. The number of hydrogen-bond donors (Lipinski definition) is 2. The Balaban J connectivity index is 1.15. The summed E-state index contributed by atoms with van der Waals surface area (Å²) in [6.07, 6.45) is 1.51. The number of likely N-dealkylation sites (N-methyl/N-ethyl adjacent to an activating group) is 1. The molecule has 226 valence electrons. The predicted octanol–water partition coefficient (Wildman–Crippen LogP) is 2.48. The molecule has 44 heavy (non-hydrogen) atoms. The number of rotatable bonds is 10. The van der Waals surface area contributed by atoms with Crippen LogP contribution in [-0.2, 0) is 13.2 Å². The van der Waals surface area contributed by atoms with Gasteiger partial charge in [0, 0.05) is 32.7 Å². The summed E-state index contributed by atoms with van der Waals surface area (Å²) in [5.41, 5.74) is 10.8. The van der Waals surface area contributed by atoms with Crippen LogP contribution in [0.2, 0.25) is 0 Å². The van der Waals surface area contributed by atoms with Crippen molar-refractivity contribution < 1.29 is 18.9 Å². The summed E-state index contributed by atoms with van der Waals surface area (Å²) in [6, 6.07) is 19.7. The number of anilines is 1. The van der Waals surface area contributed by atoms with Gasteiger partial charge < -0.3 is 20.1 Å². The van der Waals surface area contributed by atoms with Crippen molar-refractivity contribution in [3.8, 4) is 17.3 Å². The van der Waals surface area contributed by atoms with E-state index in [-0.39, 0.29) is 17.3 Å². The van der Waals surface area contributed by atoms with Gasteiger partial charge in [-0.1, -0.05) is 47.7 Å². The summed E-state index contributed by atoms with van der Waals surface area (Å²) in [6.45, 7) is 4.22. The lowest BCUT2D eigenvalue weighted by Gasteiger charge is -2.32. The van der Waals surface area contributed by atoms with Crippen LogP contribution in [0, 0.1) is 0 Å². The van der Waals surface area contributed by atoms with E-state index in [1.165, 1.54) is 10.9 Å². The molecule has 14 heteroatoms. The number of methoxy groups -OCH3 is 1. The van der Waals surface area contributed by atoms with Gasteiger partial charge in [-0.05, 0) is 57.5 Å². The van der Waals surface area contributed by atoms with Crippen LogP contribution in [0.4, 0.5) is 5.82 Å². The third-order valence-corrected chi connectivity index (χ3v) is 7.47. The summed E-state index contributed by atoms with van der Waals surface area (Å²) in [7, 11) is 3.65. The number of nitrogens with two attached hydrogens (primary N) is 1. The Kier molecular flexibility index (Phi) is 8.43. The number of carbonyl (C=O) groups excluding carboxylic acids is 1. The van der Waals surface area contributed by atoms with E-state index in [4.69, 9.17) is 19.8 Å². The Morgan fingerprint density at radius 3 is 2.68 bits per heavy atom. The number of aromatic nitrogens is 5. The molecule has 0 aliphatic carbocycles. The molecule has 0 atom stereocenters. The van der Waals surface area contributed by atoms with Gasteiger partial charge in [0.05, 0.1) is 19.0 Å². The summed E-state index contributed by atoms with van der Waals surface area (Å²) >= 11 is 0. The zero-order valence-corrected chi connectivity index (χ0v) is 24.4. The highest BCUT2D eigenvalue weighted by molar-refractivity contribution is 5.94. The Labute approximate surface area is 253 Å². The number of carbonyl (C=O) groups is 1. The molecule has 3 heterocycles. The van der Waals surface area contributed by atoms with Crippen molar-refractivity contribution >= 4 is 28.7 Å². The maximum Gasteiger partial charge on any atom is 0.293 e. The fourth-order valence-electron chi connectivity index (χ4n) is 5.02. The first-order chi connectivity index (χ1) is 21.5. The molecule has 1 aliphatic rings. The number of ether oxygens (including phenoxy) is 2. The van der Waals surface area contributed by atoms with Gasteiger partial charge in [-0.15, -0.1) is 5.10 Å². The van der Waals surface area contributed by atoms with Crippen molar-refractivity contribution in [3.05, 3.63) is 83.2 Å². The molecule has 6 rings (SSSR count). The molecule has 0 spiro atoms. The number of nitrogens with zero attached hydrogens (tertiary/aromatic N) is 8. The first-order valence-corrected chi connectivity index (χ1v) is 14.0. The van der Waals surface area contributed by atoms with Crippen LogP contribution in [-0.4, -0.2) is 87.6 Å². The smallest absolute Gasteiger partial charge is 0.293 e. The standard InChI is InChI=1S/C30H32N10O4/c1-38-12-14-39(15-13-38)18-24-27(33-37-40(24)29-28(31)35-44-36-29)30(41)34-32-17-20-10-11-25(26(16-20)42-2)43-19-22-8-5-7-21-6-3-4-9-23(21)22/h3-11,16-17H,12-15,18-19H2,1-2H3,(H2,31,35)(H,34,41)/b32-17+. The quantitative estimate of drug-likeness (QED) is 0.180. The molecule has 3 aromatic carbocycles. The number of nitrogen functional groups attached to an aromatic ring is 1. The van der Waals surface area contributed by atoms with E-state index >= 15 is 0 Å². The van der Waals surface area contributed by atoms with Crippen molar-refractivity contribution in [2.24, 2.45) is 5.10 Å². The molecule has 0 radical (unpaired) electrons. The summed E-state index contributed by atoms with van der Waals surface area (Å²) in [4.78, 5) is 17.7. The van der Waals surface area contributed by atoms with Crippen LogP contribution >= 0.6 is 0 Å². The molecule has 0 bridgehead atoms. The Morgan fingerprint density at radius 1 is 1.07 bits per heavy atom. The lowest BCUT2D eigenvalue weighted by molar-refractivity contribution is 0.0946. The zero-order chi connectivity index (χ0) is 30.5. The Morgan fingerprint density at radius 2 is 1.89 bits per heavy atom. The maximum atomic E-state index is 13.2. The van der Waals surface area contributed by atoms with E-state index in [1.807, 2.05) is 36.4 Å². The molecule has 0 unspecified atom stereocenters. The van der Waals surface area contributed by atoms with E-state index in [2.05, 4.69) is 66.2 Å². The van der Waals surface area contributed by atoms with Crippen LogP contribution in [0.15, 0.2) is 70.4 Å². The van der Waals surface area contributed by atoms with Crippen LogP contribution in [0.5, 0.6) is 11.5 Å². The van der Waals surface area contributed by atoms with E-state index in [9.17, 15) is 4.79 Å². The largest absolute Gasteiger partial charge is 0.493 e. The third kappa shape index (κ3) is 6.21. The second kappa shape index (κ2) is 12.9. The average Bonchev–Trinajstić information content (AvgIpc) is 3.66. The molecule has 14 nitrogen and oxygen atoms in total. The van der Waals surface area contributed by atoms with Gasteiger partial charge in [0.1, 0.15) is 6.61 Å². The molecule has 1 aliphatic heterocycles. The normalized spacial score (nSPS) is 14.3. The Bertz CT molecular complexity index is 1790. The van der Waals surface area contributed by atoms with Crippen LogP contribution in [0.25, 0.3) is 16.6 Å². The number of fused-ring (bicyclic) bond motifs is 1. The highest BCUT2D eigenvalue weighted by Crippen LogP contribution is 2.29. The van der Waals surface area contributed by atoms with Gasteiger partial charge in [0.25, 0.3) is 5.91 Å². The minimum atomic E-state index is -0.534. The second-order valence-electron chi connectivity index (χ2n) is 10.4. The van der Waals surface area contributed by atoms with E-state index in [0.29, 0.717) is 35.9 Å². The fourth-order valence-corrected chi connectivity index (χ4v) is 5.02.